The van der Waals surface area contributed by atoms with Crippen LogP contribution in [0.15, 0.2) is 336 Å². The number of fused-ring (bicyclic) bond motifs is 20. The zero-order valence-corrected chi connectivity index (χ0v) is 76.8. The molecular formula is C116H108N4O2Si2. The van der Waals surface area contributed by atoms with Crippen molar-refractivity contribution in [3.8, 4) is 67.5 Å². The maximum absolute atomic E-state index is 7.21. The van der Waals surface area contributed by atoms with Gasteiger partial charge in [-0.3, -0.25) is 0 Å². The summed E-state index contributed by atoms with van der Waals surface area (Å²) >= 11 is 0. The van der Waals surface area contributed by atoms with Gasteiger partial charge in [-0.25, -0.2) is 0 Å². The molecule has 612 valence electrons. The molecule has 16 aromatic rings. The van der Waals surface area contributed by atoms with Gasteiger partial charge in [0.1, 0.15) is 23.0 Å². The Bertz CT molecular complexity index is 6580. The third-order valence-electron chi connectivity index (χ3n) is 28.7. The first-order chi connectivity index (χ1) is 59.3. The Hall–Kier alpha value is -12.7. The zero-order valence-electron chi connectivity index (χ0n) is 74.8. The minimum atomic E-state index is -1.43. The molecule has 22 rings (SSSR count). The van der Waals surface area contributed by atoms with Crippen molar-refractivity contribution in [1.82, 2.24) is 0 Å². The first-order valence-electron chi connectivity index (χ1n) is 44.4. The first kappa shape index (κ1) is 78.5. The van der Waals surface area contributed by atoms with Crippen molar-refractivity contribution in [2.45, 2.75) is 155 Å². The SMILES string of the molecule is CC1(C)c2cc(N(c3ccccc3)c3ccc([Si](C)(C)C)cc3)ccc2-c2oc3c(c21)C(C)(C)c1cc(N(c2ccccc2)c2ccc([Si](C)(C)C)cc2)ccc1-3.CC1(C)c2ccccc2-c2ccc(N(c3ccccc3)c3ccc4c(c3)C(C)(C)c3c-4oc4c3C(C)(C)c3cc(N(c5ccccc5)c5ccc6c(c5)C(C)(C)c5ccccc5-6)ccc3-4)cc21. The van der Waals surface area contributed by atoms with E-state index >= 15 is 0 Å². The van der Waals surface area contributed by atoms with Crippen LogP contribution in [-0.4, -0.2) is 16.1 Å². The molecule has 0 radical (unpaired) electrons. The third kappa shape index (κ3) is 12.0. The summed E-state index contributed by atoms with van der Waals surface area (Å²) in [7, 11) is -2.87. The average Bonchev–Trinajstić information content (AvgIpc) is 1.52. The fourth-order valence-electron chi connectivity index (χ4n) is 22.1. The number of nitrogens with zero attached hydrogens (tertiary/aromatic N) is 4. The minimum Gasteiger partial charge on any atom is -0.455 e. The molecule has 0 aliphatic heterocycles. The Morgan fingerprint density at radius 1 is 0.177 bits per heavy atom. The van der Waals surface area contributed by atoms with E-state index in [-0.39, 0.29) is 32.5 Å². The largest absolute Gasteiger partial charge is 0.455 e. The lowest BCUT2D eigenvalue weighted by Crippen LogP contribution is -2.37. The molecule has 0 saturated heterocycles. The molecule has 6 aliphatic rings. The van der Waals surface area contributed by atoms with Crippen LogP contribution in [0.25, 0.3) is 67.5 Å². The molecule has 14 aromatic carbocycles. The predicted molar refractivity (Wildman–Crippen MR) is 527 cm³/mol. The van der Waals surface area contributed by atoms with Gasteiger partial charge in [0.15, 0.2) is 0 Å². The lowest BCUT2D eigenvalue weighted by atomic mass is 9.74. The molecule has 0 amide bonds. The van der Waals surface area contributed by atoms with Crippen molar-refractivity contribution in [2.24, 2.45) is 0 Å². The molecule has 8 heteroatoms. The molecule has 0 bridgehead atoms. The summed E-state index contributed by atoms with van der Waals surface area (Å²) in [6.45, 7) is 43.0. The van der Waals surface area contributed by atoms with Gasteiger partial charge in [0.2, 0.25) is 0 Å². The summed E-state index contributed by atoms with van der Waals surface area (Å²) in [5, 5.41) is 2.93. The van der Waals surface area contributed by atoms with Crippen LogP contribution in [0.5, 0.6) is 0 Å². The Morgan fingerprint density at radius 3 is 0.605 bits per heavy atom. The normalized spacial score (nSPS) is 15.6. The molecule has 124 heavy (non-hydrogen) atoms. The molecule has 2 heterocycles. The summed E-state index contributed by atoms with van der Waals surface area (Å²) in [6, 6.07) is 122. The topological polar surface area (TPSA) is 39.2 Å². The standard InChI is InChI=1S/C64H54N2O.C52H54N2OSi2/c1-61(2)51-25-17-15-23-45(51)47-31-27-41(35-53(47)61)65(39-19-11-9-12-20-39)43-29-33-49-55(37-43)63(5,6)57-58-60(67-59(49)57)50-34-30-44(38-56(50)64(58,7)8)66(40-21-13-10-14-22-40)42-28-32-48-46-24-16-18-26-52(46)62(3,4)54(48)36-42;1-51(2)45-33-39(53(35-17-13-11-14-18-35)37-21-27-41(28-22-37)56(5,6)7)25-31-43(45)49-47(51)48-50(55-49)44-32-26-40(34-46(44)52(48,3)4)54(36-19-15-12-16-20-36)38-23-29-42(30-24-38)57(8,9)10/h9-38H,1-8H3;11-34H,1-10H3. The molecule has 0 unspecified atom stereocenters. The summed E-state index contributed by atoms with van der Waals surface area (Å²) in [5.41, 5.74) is 38.5. The van der Waals surface area contributed by atoms with Gasteiger partial charge in [-0.05, 0) is 237 Å². The van der Waals surface area contributed by atoms with Crippen LogP contribution in [0, 0.1) is 0 Å². The smallest absolute Gasteiger partial charge is 0.139 e. The molecule has 0 spiro atoms. The van der Waals surface area contributed by atoms with Crippen molar-refractivity contribution >= 4 is 94.8 Å². The van der Waals surface area contributed by atoms with E-state index in [0.717, 1.165) is 79.9 Å². The van der Waals surface area contributed by atoms with Crippen LogP contribution in [0.3, 0.4) is 0 Å². The lowest BCUT2D eigenvalue weighted by Gasteiger charge is -2.31. The van der Waals surface area contributed by atoms with Crippen LogP contribution in [0.1, 0.15) is 150 Å². The molecule has 0 saturated carbocycles. The van der Waals surface area contributed by atoms with E-state index in [1.807, 2.05) is 0 Å². The van der Waals surface area contributed by atoms with Gasteiger partial charge in [-0.2, -0.15) is 0 Å². The molecule has 6 aliphatic carbocycles. The van der Waals surface area contributed by atoms with Crippen molar-refractivity contribution < 1.29 is 8.83 Å². The van der Waals surface area contributed by atoms with Crippen LogP contribution >= 0.6 is 0 Å². The van der Waals surface area contributed by atoms with Crippen molar-refractivity contribution in [3.05, 3.63) is 394 Å². The average molecular weight is 1650 g/mol. The van der Waals surface area contributed by atoms with E-state index in [2.05, 4.69) is 470 Å². The number of rotatable bonds is 14. The summed E-state index contributed by atoms with van der Waals surface area (Å²) in [6.07, 6.45) is 0. The fraction of sp³-hybridized carbons (Fsp3) is 0.207. The van der Waals surface area contributed by atoms with Crippen molar-refractivity contribution in [2.75, 3.05) is 19.6 Å². The lowest BCUT2D eigenvalue weighted by molar-refractivity contribution is 0.592. The quantitative estimate of drug-likeness (QED) is 0.101. The number of furan rings is 2. The monoisotopic (exact) mass is 1640 g/mol. The highest BCUT2D eigenvalue weighted by molar-refractivity contribution is 6.89. The van der Waals surface area contributed by atoms with E-state index in [1.165, 1.54) is 133 Å². The molecule has 0 atom stereocenters. The van der Waals surface area contributed by atoms with Gasteiger partial charge in [0.25, 0.3) is 0 Å². The van der Waals surface area contributed by atoms with E-state index in [9.17, 15) is 0 Å². The summed E-state index contributed by atoms with van der Waals surface area (Å²) in [4.78, 5) is 9.66. The highest BCUT2D eigenvalue weighted by Crippen LogP contribution is 2.66. The maximum Gasteiger partial charge on any atom is 0.139 e. The fourth-order valence-corrected chi connectivity index (χ4v) is 24.4. The van der Waals surface area contributed by atoms with Gasteiger partial charge in [0.05, 0.1) is 16.1 Å². The number of anilines is 12. The number of hydrogen-bond acceptors (Lipinski definition) is 6. The molecule has 2 aromatic heterocycles. The van der Waals surface area contributed by atoms with E-state index in [0.29, 0.717) is 0 Å². The number of para-hydroxylation sites is 4. The van der Waals surface area contributed by atoms with Gasteiger partial charge in [-0.1, -0.05) is 290 Å². The van der Waals surface area contributed by atoms with Gasteiger partial charge < -0.3 is 28.4 Å². The Kier molecular flexibility index (Phi) is 17.7. The highest BCUT2D eigenvalue weighted by Gasteiger charge is 2.53. The minimum absolute atomic E-state index is 0.101. The molecular weight excluding hydrogens is 1540 g/mol. The Labute approximate surface area is 734 Å². The van der Waals surface area contributed by atoms with Crippen LogP contribution < -0.4 is 30.0 Å². The number of hydrogen-bond donors (Lipinski definition) is 0. The second kappa shape index (κ2) is 27.9. The highest BCUT2D eigenvalue weighted by atomic mass is 28.3. The third-order valence-corrected chi connectivity index (χ3v) is 32.9. The summed E-state index contributed by atoms with van der Waals surface area (Å²) < 4.78 is 14.3. The van der Waals surface area contributed by atoms with Crippen LogP contribution in [0.4, 0.5) is 68.2 Å². The van der Waals surface area contributed by atoms with Gasteiger partial charge >= 0.3 is 0 Å². The van der Waals surface area contributed by atoms with Crippen LogP contribution in [-0.2, 0) is 32.5 Å². The van der Waals surface area contributed by atoms with Gasteiger partial charge in [0, 0.05) is 145 Å². The molecule has 6 nitrogen and oxygen atoms in total. The molecule has 0 fully saturated rings. The zero-order chi connectivity index (χ0) is 85.8. The predicted octanol–water partition coefficient (Wildman–Crippen LogP) is 31.4. The van der Waals surface area contributed by atoms with Crippen molar-refractivity contribution in [1.29, 1.82) is 0 Å². The second-order valence-corrected chi connectivity index (χ2v) is 50.7. The van der Waals surface area contributed by atoms with E-state index in [4.69, 9.17) is 8.83 Å². The number of benzene rings is 14. The second-order valence-electron chi connectivity index (χ2n) is 40.5. The van der Waals surface area contributed by atoms with E-state index < -0.39 is 16.1 Å². The maximum atomic E-state index is 7.21. The van der Waals surface area contributed by atoms with Crippen LogP contribution in [0.2, 0.25) is 39.3 Å². The molecule has 0 N–H and O–H groups in total. The van der Waals surface area contributed by atoms with Gasteiger partial charge in [-0.15, -0.1) is 0 Å². The summed E-state index contributed by atoms with van der Waals surface area (Å²) in [5.74, 6) is 4.06. The Morgan fingerprint density at radius 2 is 0.363 bits per heavy atom. The first-order valence-corrected chi connectivity index (χ1v) is 51.4. The van der Waals surface area contributed by atoms with Crippen molar-refractivity contribution in [3.63, 3.8) is 0 Å². The van der Waals surface area contributed by atoms with E-state index in [1.54, 1.807) is 0 Å². The Balaban J connectivity index is 0.000000154.